The Morgan fingerprint density at radius 3 is 2.48 bits per heavy atom. The van der Waals surface area contributed by atoms with Crippen LogP contribution in [0.5, 0.6) is 0 Å². The fourth-order valence-corrected chi connectivity index (χ4v) is 3.33. The average molecular weight is 410 g/mol. The first-order valence-electron chi connectivity index (χ1n) is 8.17. The number of alkyl halides is 4. The zero-order valence-corrected chi connectivity index (χ0v) is 15.5. The molecule has 1 aliphatic carbocycles. The predicted octanol–water partition coefficient (Wildman–Crippen LogP) is 5.20. The molecule has 1 aliphatic rings. The van der Waals surface area contributed by atoms with Crippen LogP contribution in [0.3, 0.4) is 0 Å². The molecule has 3 rings (SSSR count). The summed E-state index contributed by atoms with van der Waals surface area (Å²) in [7, 11) is 0. The zero-order chi connectivity index (χ0) is 20.4. The number of hydrogen-bond donors (Lipinski definition) is 1. The molecule has 148 valence electrons. The van der Waals surface area contributed by atoms with Crippen LogP contribution in [0.4, 0.5) is 27.9 Å². The second kappa shape index (κ2) is 6.05. The van der Waals surface area contributed by atoms with E-state index in [-0.39, 0.29) is 16.5 Å². The Labute approximate surface area is 156 Å². The Morgan fingerprint density at radius 1 is 1.33 bits per heavy atom. The number of amides is 1. The second-order valence-corrected chi connectivity index (χ2v) is 8.08. The van der Waals surface area contributed by atoms with Crippen molar-refractivity contribution in [1.82, 2.24) is 9.55 Å². The summed E-state index contributed by atoms with van der Waals surface area (Å²) in [5, 5.41) is 2.24. The zero-order valence-electron chi connectivity index (χ0n) is 14.7. The molecule has 1 amide bonds. The molecule has 10 heteroatoms. The Bertz CT molecular complexity index is 919. The van der Waals surface area contributed by atoms with Crippen molar-refractivity contribution < 1.29 is 26.7 Å². The third kappa shape index (κ3) is 3.26. The van der Waals surface area contributed by atoms with Crippen LogP contribution in [-0.4, -0.2) is 27.3 Å². The molecule has 27 heavy (non-hydrogen) atoms. The molecule has 1 saturated carbocycles. The molecule has 0 bridgehead atoms. The van der Waals surface area contributed by atoms with Gasteiger partial charge in [-0.25, -0.2) is 9.37 Å². The first kappa shape index (κ1) is 19.9. The molecule has 1 N–H and O–H groups in total. The molecule has 2 aromatic rings. The number of imidazole rings is 1. The Balaban J connectivity index is 1.90. The van der Waals surface area contributed by atoms with Gasteiger partial charge in [0.25, 0.3) is 0 Å². The van der Waals surface area contributed by atoms with Crippen LogP contribution in [0.2, 0.25) is 5.02 Å². The van der Waals surface area contributed by atoms with Gasteiger partial charge < -0.3 is 4.57 Å². The predicted molar refractivity (Wildman–Crippen MR) is 90.9 cm³/mol. The van der Waals surface area contributed by atoms with Crippen molar-refractivity contribution in [2.45, 2.75) is 51.0 Å². The van der Waals surface area contributed by atoms with E-state index in [9.17, 15) is 26.7 Å². The van der Waals surface area contributed by atoms with Crippen LogP contribution in [0, 0.1) is 11.7 Å². The van der Waals surface area contributed by atoms with E-state index in [1.165, 1.54) is 6.07 Å². The minimum Gasteiger partial charge on any atom is -0.305 e. The largest absolute Gasteiger partial charge is 0.313 e. The SMILES string of the molecule is CC(C)(C)n1c(NC(=O)CC2CC(F)(F)C2(F)F)nc2cc(F)c(Cl)cc21. The van der Waals surface area contributed by atoms with Crippen LogP contribution in [0.1, 0.15) is 33.6 Å². The Morgan fingerprint density at radius 2 is 1.96 bits per heavy atom. The van der Waals surface area contributed by atoms with E-state index in [2.05, 4.69) is 10.3 Å². The lowest BCUT2D eigenvalue weighted by molar-refractivity contribution is -0.313. The maximum absolute atomic E-state index is 13.7. The Hall–Kier alpha value is -1.90. The van der Waals surface area contributed by atoms with Crippen molar-refractivity contribution in [2.24, 2.45) is 5.92 Å². The highest BCUT2D eigenvalue weighted by Crippen LogP contribution is 2.56. The molecule has 1 unspecified atom stereocenters. The van der Waals surface area contributed by atoms with E-state index in [0.29, 0.717) is 5.52 Å². The van der Waals surface area contributed by atoms with Crippen molar-refractivity contribution in [1.29, 1.82) is 0 Å². The van der Waals surface area contributed by atoms with Crippen molar-refractivity contribution in [3.05, 3.63) is 23.0 Å². The number of aromatic nitrogens is 2. The third-order valence-corrected chi connectivity index (χ3v) is 4.84. The quantitative estimate of drug-likeness (QED) is 0.708. The number of fused-ring (bicyclic) bond motifs is 1. The summed E-state index contributed by atoms with van der Waals surface area (Å²) in [6.45, 7) is 5.38. The maximum Gasteiger partial charge on any atom is 0.313 e. The average Bonchev–Trinajstić information content (AvgIpc) is 2.83. The van der Waals surface area contributed by atoms with Gasteiger partial charge in [-0.3, -0.25) is 10.1 Å². The number of benzene rings is 1. The first-order valence-corrected chi connectivity index (χ1v) is 8.55. The fourth-order valence-electron chi connectivity index (χ4n) is 3.18. The maximum atomic E-state index is 13.7. The van der Waals surface area contributed by atoms with Crippen LogP contribution in [0.25, 0.3) is 11.0 Å². The molecule has 0 spiro atoms. The number of anilines is 1. The minimum atomic E-state index is -4.22. The van der Waals surface area contributed by atoms with Crippen LogP contribution in [-0.2, 0) is 10.3 Å². The molecular weight excluding hydrogens is 393 g/mol. The monoisotopic (exact) mass is 409 g/mol. The molecule has 4 nitrogen and oxygen atoms in total. The fraction of sp³-hybridized carbons (Fsp3) is 0.529. The van der Waals surface area contributed by atoms with Crippen molar-refractivity contribution in [3.8, 4) is 0 Å². The highest BCUT2D eigenvalue weighted by Gasteiger charge is 2.71. The van der Waals surface area contributed by atoms with E-state index in [1.54, 1.807) is 25.3 Å². The number of carbonyl (C=O) groups is 1. The third-order valence-electron chi connectivity index (χ3n) is 4.55. The molecule has 0 saturated heterocycles. The van der Waals surface area contributed by atoms with Gasteiger partial charge in [0.2, 0.25) is 11.9 Å². The van der Waals surface area contributed by atoms with E-state index in [0.717, 1.165) is 6.07 Å². The normalized spacial score (nSPS) is 21.1. The van der Waals surface area contributed by atoms with E-state index < -0.39 is 47.9 Å². The lowest BCUT2D eigenvalue weighted by atomic mass is 9.74. The molecule has 0 radical (unpaired) electrons. The van der Waals surface area contributed by atoms with Crippen molar-refractivity contribution in [3.63, 3.8) is 0 Å². The second-order valence-electron chi connectivity index (χ2n) is 7.68. The van der Waals surface area contributed by atoms with Gasteiger partial charge in [0.1, 0.15) is 5.82 Å². The summed E-state index contributed by atoms with van der Waals surface area (Å²) in [5.74, 6) is -11.6. The topological polar surface area (TPSA) is 46.9 Å². The lowest BCUT2D eigenvalue weighted by Crippen LogP contribution is -2.59. The summed E-state index contributed by atoms with van der Waals surface area (Å²) in [6, 6.07) is 2.44. The highest BCUT2D eigenvalue weighted by atomic mass is 35.5. The lowest BCUT2D eigenvalue weighted by Gasteiger charge is -2.43. The molecule has 1 aromatic heterocycles. The molecule has 0 aliphatic heterocycles. The number of carbonyl (C=O) groups excluding carboxylic acids is 1. The van der Waals surface area contributed by atoms with Gasteiger partial charge in [-0.2, -0.15) is 17.6 Å². The standard InChI is InChI=1S/C17H17ClF5N3O/c1-15(2,3)26-12-5-9(18)10(19)6-11(12)24-14(26)25-13(27)4-8-7-16(20,21)17(8,22)23/h5-6,8H,4,7H2,1-3H3,(H,24,25,27). The minimum absolute atomic E-state index is 0.00133. The smallest absolute Gasteiger partial charge is 0.305 e. The molecule has 1 heterocycles. The van der Waals surface area contributed by atoms with Crippen LogP contribution in [0.15, 0.2) is 12.1 Å². The van der Waals surface area contributed by atoms with Gasteiger partial charge in [0, 0.05) is 30.4 Å². The Kier molecular flexibility index (Phi) is 4.45. The summed E-state index contributed by atoms with van der Waals surface area (Å²) in [5.41, 5.74) is 0.0266. The van der Waals surface area contributed by atoms with Crippen LogP contribution >= 0.6 is 11.6 Å². The number of nitrogens with one attached hydrogen (secondary N) is 1. The van der Waals surface area contributed by atoms with Crippen molar-refractivity contribution in [2.75, 3.05) is 5.32 Å². The summed E-state index contributed by atoms with van der Waals surface area (Å²) in [6.07, 6.45) is -1.82. The molecule has 1 aromatic carbocycles. The van der Waals surface area contributed by atoms with Gasteiger partial charge in [-0.1, -0.05) is 11.6 Å². The molecule has 1 atom stereocenters. The van der Waals surface area contributed by atoms with Gasteiger partial charge >= 0.3 is 11.8 Å². The number of halogens is 6. The van der Waals surface area contributed by atoms with Crippen LogP contribution < -0.4 is 5.32 Å². The van der Waals surface area contributed by atoms with Crippen molar-refractivity contribution >= 4 is 34.5 Å². The summed E-state index contributed by atoms with van der Waals surface area (Å²) in [4.78, 5) is 16.3. The highest BCUT2D eigenvalue weighted by molar-refractivity contribution is 6.31. The molecular formula is C17H17ClF5N3O. The number of hydrogen-bond acceptors (Lipinski definition) is 2. The van der Waals surface area contributed by atoms with E-state index in [4.69, 9.17) is 11.6 Å². The van der Waals surface area contributed by atoms with E-state index in [1.807, 2.05) is 0 Å². The van der Waals surface area contributed by atoms with Gasteiger partial charge in [-0.15, -0.1) is 0 Å². The first-order chi connectivity index (χ1) is 12.2. The number of rotatable bonds is 3. The number of nitrogens with zero attached hydrogens (tertiary/aromatic N) is 2. The summed E-state index contributed by atoms with van der Waals surface area (Å²) >= 11 is 5.82. The van der Waals surface area contributed by atoms with E-state index >= 15 is 0 Å². The van der Waals surface area contributed by atoms with Gasteiger partial charge in [0.15, 0.2) is 0 Å². The molecule has 1 fully saturated rings. The van der Waals surface area contributed by atoms with Gasteiger partial charge in [-0.05, 0) is 26.8 Å². The summed E-state index contributed by atoms with van der Waals surface area (Å²) < 4.78 is 67.9. The van der Waals surface area contributed by atoms with Gasteiger partial charge in [0.05, 0.1) is 16.1 Å².